The normalized spacial score (nSPS) is 16.9. The van der Waals surface area contributed by atoms with Gasteiger partial charge in [0.1, 0.15) is 5.76 Å². The zero-order valence-corrected chi connectivity index (χ0v) is 15.8. The van der Waals surface area contributed by atoms with E-state index in [0.717, 1.165) is 27.8 Å². The van der Waals surface area contributed by atoms with Crippen molar-refractivity contribution in [2.75, 3.05) is 13.9 Å². The van der Waals surface area contributed by atoms with Crippen LogP contribution in [0.5, 0.6) is 11.5 Å². The number of hydrogen-bond donors (Lipinski definition) is 0. The van der Waals surface area contributed by atoms with Crippen molar-refractivity contribution in [3.05, 3.63) is 51.8 Å². The second-order valence-electron chi connectivity index (χ2n) is 6.09. The predicted octanol–water partition coefficient (Wildman–Crippen LogP) is 3.34. The van der Waals surface area contributed by atoms with Gasteiger partial charge in [-0.25, -0.2) is 4.79 Å². The van der Waals surface area contributed by atoms with E-state index in [4.69, 9.17) is 13.9 Å². The quantitative estimate of drug-likeness (QED) is 0.569. The Labute approximate surface area is 164 Å². The SMILES string of the molecule is COC(=O)c1ccc(CN2C(=O)S/C(=C/c3cc4c(cc3C)OCO4)C2=O)o1. The minimum Gasteiger partial charge on any atom is -0.463 e. The van der Waals surface area contributed by atoms with Gasteiger partial charge in [-0.2, -0.15) is 0 Å². The van der Waals surface area contributed by atoms with Gasteiger partial charge < -0.3 is 18.6 Å². The van der Waals surface area contributed by atoms with Crippen LogP contribution in [0, 0.1) is 6.92 Å². The summed E-state index contributed by atoms with van der Waals surface area (Å²) in [5.74, 6) is 0.518. The van der Waals surface area contributed by atoms with E-state index in [0.29, 0.717) is 22.2 Å². The Balaban J connectivity index is 1.55. The average molecular weight is 401 g/mol. The van der Waals surface area contributed by atoms with Crippen LogP contribution < -0.4 is 9.47 Å². The summed E-state index contributed by atoms with van der Waals surface area (Å²) in [7, 11) is 1.24. The summed E-state index contributed by atoms with van der Waals surface area (Å²) in [5, 5.41) is -0.411. The van der Waals surface area contributed by atoms with Crippen LogP contribution in [0.1, 0.15) is 27.4 Å². The first-order chi connectivity index (χ1) is 13.5. The van der Waals surface area contributed by atoms with Gasteiger partial charge in [0.05, 0.1) is 18.6 Å². The van der Waals surface area contributed by atoms with Crippen LogP contribution in [-0.2, 0) is 16.1 Å². The molecular weight excluding hydrogens is 386 g/mol. The van der Waals surface area contributed by atoms with Crippen LogP contribution in [-0.4, -0.2) is 35.9 Å². The lowest BCUT2D eigenvalue weighted by Gasteiger charge is -2.10. The first kappa shape index (κ1) is 18.2. The maximum Gasteiger partial charge on any atom is 0.373 e. The lowest BCUT2D eigenvalue weighted by atomic mass is 10.1. The summed E-state index contributed by atoms with van der Waals surface area (Å²) in [6.07, 6.45) is 1.66. The van der Waals surface area contributed by atoms with E-state index in [1.54, 1.807) is 12.1 Å². The first-order valence-corrected chi connectivity index (χ1v) is 9.10. The van der Waals surface area contributed by atoms with Crippen molar-refractivity contribution in [2.24, 2.45) is 0 Å². The topological polar surface area (TPSA) is 95.3 Å². The van der Waals surface area contributed by atoms with Gasteiger partial charge in [-0.05, 0) is 60.2 Å². The number of furan rings is 1. The maximum atomic E-state index is 12.7. The lowest BCUT2D eigenvalue weighted by Crippen LogP contribution is -2.27. The van der Waals surface area contributed by atoms with Crippen molar-refractivity contribution in [1.29, 1.82) is 0 Å². The van der Waals surface area contributed by atoms with Crippen molar-refractivity contribution in [1.82, 2.24) is 4.90 Å². The van der Waals surface area contributed by atoms with Crippen LogP contribution in [0.3, 0.4) is 0 Å². The Morgan fingerprint density at radius 2 is 2.00 bits per heavy atom. The van der Waals surface area contributed by atoms with Gasteiger partial charge >= 0.3 is 5.97 Å². The summed E-state index contributed by atoms with van der Waals surface area (Å²) < 4.78 is 20.6. The van der Waals surface area contributed by atoms with E-state index in [1.165, 1.54) is 19.2 Å². The fraction of sp³-hybridized carbons (Fsp3) is 0.211. The molecule has 1 saturated heterocycles. The molecule has 0 bridgehead atoms. The van der Waals surface area contributed by atoms with Gasteiger partial charge in [0, 0.05) is 0 Å². The molecule has 1 aromatic heterocycles. The minimum atomic E-state index is -0.626. The van der Waals surface area contributed by atoms with E-state index in [-0.39, 0.29) is 19.1 Å². The van der Waals surface area contributed by atoms with Crippen molar-refractivity contribution >= 4 is 35.0 Å². The Morgan fingerprint density at radius 1 is 1.25 bits per heavy atom. The van der Waals surface area contributed by atoms with E-state index in [1.807, 2.05) is 13.0 Å². The number of imide groups is 1. The highest BCUT2D eigenvalue weighted by Gasteiger charge is 2.36. The molecule has 144 valence electrons. The lowest BCUT2D eigenvalue weighted by molar-refractivity contribution is -0.123. The number of carbonyl (C=O) groups is 3. The van der Waals surface area contributed by atoms with Crippen LogP contribution in [0.15, 0.2) is 33.6 Å². The molecule has 3 heterocycles. The molecule has 2 amide bonds. The standard InChI is InChI=1S/C19H15NO7S/c1-10-5-14-15(26-9-25-14)6-11(10)7-16-17(21)20(19(23)28-16)8-12-3-4-13(27-12)18(22)24-2/h3-7H,8-9H2,1-2H3/b16-7+. The minimum absolute atomic E-state index is 0.0102. The molecule has 2 aliphatic rings. The fourth-order valence-corrected chi connectivity index (χ4v) is 3.65. The highest BCUT2D eigenvalue weighted by Crippen LogP contribution is 2.38. The number of benzene rings is 1. The molecule has 0 unspecified atom stereocenters. The summed E-state index contributed by atoms with van der Waals surface area (Å²) in [6.45, 7) is 1.97. The van der Waals surface area contributed by atoms with Crippen molar-refractivity contribution < 1.29 is 33.0 Å². The van der Waals surface area contributed by atoms with Gasteiger partial charge in [0.15, 0.2) is 11.5 Å². The van der Waals surface area contributed by atoms with Crippen LogP contribution in [0.2, 0.25) is 0 Å². The largest absolute Gasteiger partial charge is 0.463 e. The third-order valence-corrected chi connectivity index (χ3v) is 5.19. The molecule has 0 atom stereocenters. The number of aryl methyl sites for hydroxylation is 1. The molecular formula is C19H15NO7S. The highest BCUT2D eigenvalue weighted by molar-refractivity contribution is 8.18. The predicted molar refractivity (Wildman–Crippen MR) is 98.9 cm³/mol. The molecule has 0 saturated carbocycles. The molecule has 0 N–H and O–H groups in total. The molecule has 0 aliphatic carbocycles. The molecule has 0 spiro atoms. The number of methoxy groups -OCH3 is 1. The number of carbonyl (C=O) groups excluding carboxylic acids is 3. The fourth-order valence-electron chi connectivity index (χ4n) is 2.82. The summed E-state index contributed by atoms with van der Waals surface area (Å²) in [5.41, 5.74) is 1.66. The van der Waals surface area contributed by atoms with Gasteiger partial charge in [-0.3, -0.25) is 14.5 Å². The van der Waals surface area contributed by atoms with E-state index < -0.39 is 17.1 Å². The van der Waals surface area contributed by atoms with E-state index in [2.05, 4.69) is 4.74 Å². The van der Waals surface area contributed by atoms with E-state index >= 15 is 0 Å². The Morgan fingerprint density at radius 3 is 2.75 bits per heavy atom. The molecule has 0 radical (unpaired) electrons. The second-order valence-corrected chi connectivity index (χ2v) is 7.08. The number of amides is 2. The van der Waals surface area contributed by atoms with Gasteiger partial charge in [0.25, 0.3) is 11.1 Å². The molecule has 1 aromatic carbocycles. The molecule has 28 heavy (non-hydrogen) atoms. The van der Waals surface area contributed by atoms with Crippen molar-refractivity contribution in [3.63, 3.8) is 0 Å². The first-order valence-electron chi connectivity index (χ1n) is 8.29. The monoisotopic (exact) mass is 401 g/mol. The highest BCUT2D eigenvalue weighted by atomic mass is 32.2. The third-order valence-electron chi connectivity index (χ3n) is 4.28. The number of fused-ring (bicyclic) bond motifs is 1. The number of thioether (sulfide) groups is 1. The van der Waals surface area contributed by atoms with Crippen molar-refractivity contribution in [2.45, 2.75) is 13.5 Å². The molecule has 1 fully saturated rings. The van der Waals surface area contributed by atoms with Gasteiger partial charge in [0.2, 0.25) is 12.6 Å². The third kappa shape index (κ3) is 3.24. The van der Waals surface area contributed by atoms with Crippen LogP contribution in [0.4, 0.5) is 4.79 Å². The summed E-state index contributed by atoms with van der Waals surface area (Å²) in [6, 6.07) is 6.57. The summed E-state index contributed by atoms with van der Waals surface area (Å²) in [4.78, 5) is 37.8. The molecule has 8 nitrogen and oxygen atoms in total. The van der Waals surface area contributed by atoms with Crippen LogP contribution in [0.25, 0.3) is 6.08 Å². The molecule has 2 aromatic rings. The number of ether oxygens (including phenoxy) is 3. The number of esters is 1. The van der Waals surface area contributed by atoms with Crippen molar-refractivity contribution in [3.8, 4) is 11.5 Å². The van der Waals surface area contributed by atoms with Crippen LogP contribution >= 0.6 is 11.8 Å². The number of hydrogen-bond acceptors (Lipinski definition) is 8. The molecule has 2 aliphatic heterocycles. The van der Waals surface area contributed by atoms with Gasteiger partial charge in [-0.1, -0.05) is 0 Å². The smallest absolute Gasteiger partial charge is 0.373 e. The molecule has 4 rings (SSSR count). The number of nitrogens with zero attached hydrogens (tertiary/aromatic N) is 1. The van der Waals surface area contributed by atoms with E-state index in [9.17, 15) is 14.4 Å². The summed E-state index contributed by atoms with van der Waals surface area (Å²) >= 11 is 0.849. The Bertz CT molecular complexity index is 1020. The maximum absolute atomic E-state index is 12.7. The average Bonchev–Trinajstić information content (AvgIpc) is 3.38. The number of rotatable bonds is 4. The molecule has 9 heteroatoms. The zero-order chi connectivity index (χ0) is 19.8. The van der Waals surface area contributed by atoms with Gasteiger partial charge in [-0.15, -0.1) is 0 Å². The second kappa shape index (κ2) is 7.08. The zero-order valence-electron chi connectivity index (χ0n) is 15.0. The Kier molecular flexibility index (Phi) is 4.60. The Hall–Kier alpha value is -3.20.